The monoisotopic (exact) mass is 551 g/mol. The largest absolute Gasteiger partial charge is 0.378 e. The van der Waals surface area contributed by atoms with Gasteiger partial charge in [-0.25, -0.2) is 9.97 Å². The summed E-state index contributed by atoms with van der Waals surface area (Å²) in [5.41, 5.74) is 5.29. The predicted octanol–water partition coefficient (Wildman–Crippen LogP) is 5.51. The maximum absolute atomic E-state index is 13.2. The number of fused-ring (bicyclic) bond motifs is 1. The van der Waals surface area contributed by atoms with Crippen LogP contribution < -0.4 is 10.2 Å². The molecule has 4 aromatic heterocycles. The van der Waals surface area contributed by atoms with E-state index >= 15 is 0 Å². The van der Waals surface area contributed by atoms with Crippen molar-refractivity contribution in [3.05, 3.63) is 106 Å². The minimum Gasteiger partial charge on any atom is -0.378 e. The van der Waals surface area contributed by atoms with Gasteiger partial charge in [-0.05, 0) is 77.4 Å². The molecule has 1 amide bonds. The molecule has 0 radical (unpaired) electrons. The minimum atomic E-state index is -0.194. The number of ether oxygens (including phenoxy) is 1. The topological polar surface area (TPSA) is 100 Å². The Bertz CT molecular complexity index is 1650. The molecule has 0 aliphatic carbocycles. The summed E-state index contributed by atoms with van der Waals surface area (Å²) in [5.74, 6) is 0.713. The number of nitrogens with one attached hydrogen (secondary N) is 2. The highest BCUT2D eigenvalue weighted by Gasteiger charge is 2.17. The van der Waals surface area contributed by atoms with E-state index in [4.69, 9.17) is 4.74 Å². The standard InChI is InChI=1S/C31H29N5O3S/c37-27(29-23(9-17-40-29)19-22-6-11-33-30-26(22)8-12-34-30)5-4-21-2-1-3-25(18-21)35-31(38)24-7-10-32-28(20-24)36-13-15-39-16-14-36/h1-3,6-12,17-18,20H,4-5,13-16,19H2,(H,33,34)(H,35,38). The van der Waals surface area contributed by atoms with Crippen molar-refractivity contribution in [2.45, 2.75) is 19.3 Å². The van der Waals surface area contributed by atoms with Crippen LogP contribution in [0.1, 0.15) is 43.1 Å². The van der Waals surface area contributed by atoms with Crippen LogP contribution in [0.4, 0.5) is 11.5 Å². The van der Waals surface area contributed by atoms with E-state index in [1.165, 1.54) is 11.3 Å². The lowest BCUT2D eigenvalue weighted by Crippen LogP contribution is -2.36. The van der Waals surface area contributed by atoms with Crippen molar-refractivity contribution in [1.29, 1.82) is 0 Å². The first kappa shape index (κ1) is 25.9. The summed E-state index contributed by atoms with van der Waals surface area (Å²) >= 11 is 1.49. The van der Waals surface area contributed by atoms with Gasteiger partial charge in [0.25, 0.3) is 5.91 Å². The number of morpholine rings is 1. The second-order valence-corrected chi connectivity index (χ2v) is 10.7. The molecular weight excluding hydrogens is 522 g/mol. The number of carbonyl (C=O) groups is 2. The minimum absolute atomic E-state index is 0.131. The van der Waals surface area contributed by atoms with Gasteiger partial charge in [0, 0.05) is 54.7 Å². The Balaban J connectivity index is 1.08. The summed E-state index contributed by atoms with van der Waals surface area (Å²) in [5, 5.41) is 6.05. The highest BCUT2D eigenvalue weighted by Crippen LogP contribution is 2.26. The molecule has 6 rings (SSSR count). The second kappa shape index (κ2) is 11.8. The van der Waals surface area contributed by atoms with Gasteiger partial charge in [-0.2, -0.15) is 0 Å². The molecule has 0 spiro atoms. The number of benzene rings is 1. The van der Waals surface area contributed by atoms with Crippen molar-refractivity contribution < 1.29 is 14.3 Å². The lowest BCUT2D eigenvalue weighted by atomic mass is 10.0. The number of aromatic nitrogens is 3. The van der Waals surface area contributed by atoms with Gasteiger partial charge in [0.05, 0.1) is 18.1 Å². The number of carbonyl (C=O) groups excluding carboxylic acids is 2. The number of hydrogen-bond acceptors (Lipinski definition) is 7. The first-order chi connectivity index (χ1) is 19.6. The maximum atomic E-state index is 13.2. The Kier molecular flexibility index (Phi) is 7.65. The maximum Gasteiger partial charge on any atom is 0.255 e. The average Bonchev–Trinajstić information content (AvgIpc) is 3.67. The van der Waals surface area contributed by atoms with Crippen molar-refractivity contribution in [3.8, 4) is 0 Å². The quantitative estimate of drug-likeness (QED) is 0.234. The SMILES string of the molecule is O=C(Nc1cccc(CCC(=O)c2sccc2Cc2ccnc3[nH]ccc23)c1)c1ccnc(N2CCOCC2)c1. The number of anilines is 2. The second-order valence-electron chi connectivity index (χ2n) is 9.74. The molecule has 2 N–H and O–H groups in total. The van der Waals surface area contributed by atoms with Gasteiger partial charge in [-0.15, -0.1) is 11.3 Å². The Morgan fingerprint density at radius 2 is 1.88 bits per heavy atom. The number of pyridine rings is 2. The molecule has 0 atom stereocenters. The summed E-state index contributed by atoms with van der Waals surface area (Å²) in [6.07, 6.45) is 7.02. The number of hydrogen-bond donors (Lipinski definition) is 2. The highest BCUT2D eigenvalue weighted by atomic mass is 32.1. The van der Waals surface area contributed by atoms with Crippen LogP contribution in [-0.2, 0) is 17.6 Å². The number of nitrogens with zero attached hydrogens (tertiary/aromatic N) is 3. The highest BCUT2D eigenvalue weighted by molar-refractivity contribution is 7.12. The lowest BCUT2D eigenvalue weighted by Gasteiger charge is -2.27. The zero-order valence-corrected chi connectivity index (χ0v) is 22.7. The molecule has 5 aromatic rings. The summed E-state index contributed by atoms with van der Waals surface area (Å²) in [7, 11) is 0. The molecule has 9 heteroatoms. The van der Waals surface area contributed by atoms with Gasteiger partial charge in [0.1, 0.15) is 11.5 Å². The molecule has 40 heavy (non-hydrogen) atoms. The van der Waals surface area contributed by atoms with Crippen LogP contribution >= 0.6 is 11.3 Å². The summed E-state index contributed by atoms with van der Waals surface area (Å²) < 4.78 is 5.41. The lowest BCUT2D eigenvalue weighted by molar-refractivity contribution is 0.0984. The Hall–Kier alpha value is -4.34. The molecule has 1 saturated heterocycles. The third kappa shape index (κ3) is 5.80. The van der Waals surface area contributed by atoms with Gasteiger partial charge in [0.15, 0.2) is 5.78 Å². The van der Waals surface area contributed by atoms with Crippen LogP contribution in [0.15, 0.2) is 78.6 Å². The van der Waals surface area contributed by atoms with Crippen LogP contribution in [0, 0.1) is 0 Å². The zero-order chi connectivity index (χ0) is 27.3. The van der Waals surface area contributed by atoms with Crippen molar-refractivity contribution in [1.82, 2.24) is 15.0 Å². The first-order valence-electron chi connectivity index (χ1n) is 13.3. The van der Waals surface area contributed by atoms with E-state index in [0.29, 0.717) is 43.7 Å². The van der Waals surface area contributed by atoms with E-state index in [9.17, 15) is 9.59 Å². The van der Waals surface area contributed by atoms with Gasteiger partial charge in [-0.1, -0.05) is 12.1 Å². The van der Waals surface area contributed by atoms with Crippen LogP contribution in [0.3, 0.4) is 0 Å². The van der Waals surface area contributed by atoms with E-state index < -0.39 is 0 Å². The number of Topliss-reactive ketones (excluding diaryl/α,β-unsaturated/α-hetero) is 1. The molecule has 1 aliphatic rings. The summed E-state index contributed by atoms with van der Waals surface area (Å²) in [6, 6.07) is 17.3. The first-order valence-corrected chi connectivity index (χ1v) is 14.2. The number of amides is 1. The molecule has 5 heterocycles. The predicted molar refractivity (Wildman–Crippen MR) is 158 cm³/mol. The zero-order valence-electron chi connectivity index (χ0n) is 21.9. The number of thiophene rings is 1. The molecule has 0 bridgehead atoms. The Labute approximate surface area is 236 Å². The van der Waals surface area contributed by atoms with E-state index in [0.717, 1.165) is 51.5 Å². The van der Waals surface area contributed by atoms with Crippen molar-refractivity contribution in [3.63, 3.8) is 0 Å². The fourth-order valence-electron chi connectivity index (χ4n) is 5.00. The third-order valence-electron chi connectivity index (χ3n) is 7.10. The number of aromatic amines is 1. The average molecular weight is 552 g/mol. The van der Waals surface area contributed by atoms with Crippen molar-refractivity contribution in [2.24, 2.45) is 0 Å². The van der Waals surface area contributed by atoms with Crippen molar-refractivity contribution >= 4 is 45.6 Å². The number of H-pyrrole nitrogens is 1. The van der Waals surface area contributed by atoms with E-state index in [-0.39, 0.29) is 11.7 Å². The fraction of sp³-hybridized carbons (Fsp3) is 0.226. The number of rotatable bonds is 9. The Morgan fingerprint density at radius 3 is 2.77 bits per heavy atom. The summed E-state index contributed by atoms with van der Waals surface area (Å²) in [4.78, 5) is 41.1. The smallest absolute Gasteiger partial charge is 0.255 e. The fourth-order valence-corrected chi connectivity index (χ4v) is 5.89. The van der Waals surface area contributed by atoms with Crippen LogP contribution in [0.5, 0.6) is 0 Å². The van der Waals surface area contributed by atoms with Gasteiger partial charge in [-0.3, -0.25) is 9.59 Å². The Morgan fingerprint density at radius 1 is 1.00 bits per heavy atom. The molecule has 8 nitrogen and oxygen atoms in total. The molecular formula is C31H29N5O3S. The molecule has 0 unspecified atom stereocenters. The number of ketones is 1. The molecule has 1 fully saturated rings. The van der Waals surface area contributed by atoms with Gasteiger partial charge >= 0.3 is 0 Å². The normalized spacial score (nSPS) is 13.4. The molecule has 1 aliphatic heterocycles. The van der Waals surface area contributed by atoms with E-state index in [2.05, 4.69) is 25.2 Å². The van der Waals surface area contributed by atoms with Crippen LogP contribution in [0.2, 0.25) is 0 Å². The third-order valence-corrected chi connectivity index (χ3v) is 8.10. The summed E-state index contributed by atoms with van der Waals surface area (Å²) in [6.45, 7) is 2.82. The molecule has 202 valence electrons. The van der Waals surface area contributed by atoms with E-state index in [1.54, 1.807) is 18.5 Å². The van der Waals surface area contributed by atoms with Gasteiger partial charge in [0.2, 0.25) is 0 Å². The van der Waals surface area contributed by atoms with Gasteiger partial charge < -0.3 is 19.9 Å². The van der Waals surface area contributed by atoms with E-state index in [1.807, 2.05) is 60.1 Å². The molecule has 1 aromatic carbocycles. The molecule has 0 saturated carbocycles. The van der Waals surface area contributed by atoms with Crippen molar-refractivity contribution in [2.75, 3.05) is 36.5 Å². The van der Waals surface area contributed by atoms with Crippen LogP contribution in [0.25, 0.3) is 11.0 Å². The van der Waals surface area contributed by atoms with Crippen LogP contribution in [-0.4, -0.2) is 52.9 Å². The number of aryl methyl sites for hydroxylation is 1.